The molecule has 2 aliphatic heterocycles. The van der Waals surface area contributed by atoms with Gasteiger partial charge in [-0.2, -0.15) is 5.10 Å². The minimum absolute atomic E-state index is 0.0910. The van der Waals surface area contributed by atoms with E-state index in [1.807, 2.05) is 30.3 Å². The van der Waals surface area contributed by atoms with Gasteiger partial charge in [-0.15, -0.1) is 0 Å². The SMILES string of the molecule is COc1ccc(C2=NN3[C@H](C2)c2cc(Br)cc(Br)c2O[C@@H]3c2ccc(Br)cc2)cc1. The molecule has 3 aromatic rings. The second-order valence-corrected chi connectivity index (χ2v) is 9.89. The Bertz CT molecular complexity index is 1130. The van der Waals surface area contributed by atoms with Crippen LogP contribution in [0, 0.1) is 0 Å². The van der Waals surface area contributed by atoms with Crippen LogP contribution in [0.4, 0.5) is 0 Å². The molecule has 0 aromatic heterocycles. The van der Waals surface area contributed by atoms with E-state index in [9.17, 15) is 0 Å². The van der Waals surface area contributed by atoms with Crippen molar-refractivity contribution in [3.05, 3.63) is 90.8 Å². The van der Waals surface area contributed by atoms with Crippen molar-refractivity contribution in [2.45, 2.75) is 18.7 Å². The summed E-state index contributed by atoms with van der Waals surface area (Å²) in [6.45, 7) is 0. The lowest BCUT2D eigenvalue weighted by molar-refractivity contribution is -0.0197. The maximum atomic E-state index is 6.49. The fraction of sp³-hybridized carbons (Fsp3) is 0.174. The molecule has 0 N–H and O–H groups in total. The van der Waals surface area contributed by atoms with Crippen LogP contribution in [-0.4, -0.2) is 17.8 Å². The van der Waals surface area contributed by atoms with Gasteiger partial charge in [-0.3, -0.25) is 0 Å². The van der Waals surface area contributed by atoms with Crippen molar-refractivity contribution >= 4 is 53.5 Å². The fourth-order valence-corrected chi connectivity index (χ4v) is 5.54. The van der Waals surface area contributed by atoms with E-state index < -0.39 is 0 Å². The van der Waals surface area contributed by atoms with Crippen molar-refractivity contribution in [2.24, 2.45) is 5.10 Å². The van der Waals surface area contributed by atoms with Gasteiger partial charge in [0.15, 0.2) is 0 Å². The lowest BCUT2D eigenvalue weighted by Gasteiger charge is -2.38. The second-order valence-electron chi connectivity index (χ2n) is 7.20. The molecular weight excluding hydrogens is 576 g/mol. The molecule has 2 aliphatic rings. The van der Waals surface area contributed by atoms with Gasteiger partial charge in [-0.1, -0.05) is 44.0 Å². The Hall–Kier alpha value is -1.83. The number of ether oxygens (including phenoxy) is 2. The molecule has 0 fully saturated rings. The van der Waals surface area contributed by atoms with Crippen molar-refractivity contribution < 1.29 is 9.47 Å². The molecule has 0 aliphatic carbocycles. The van der Waals surface area contributed by atoms with Crippen molar-refractivity contribution in [1.29, 1.82) is 0 Å². The van der Waals surface area contributed by atoms with Gasteiger partial charge >= 0.3 is 0 Å². The first-order valence-electron chi connectivity index (χ1n) is 9.45. The molecule has 2 heterocycles. The van der Waals surface area contributed by atoms with Crippen LogP contribution >= 0.6 is 47.8 Å². The summed E-state index contributed by atoms with van der Waals surface area (Å²) >= 11 is 10.8. The molecule has 3 aromatic carbocycles. The van der Waals surface area contributed by atoms with Crippen molar-refractivity contribution in [3.8, 4) is 11.5 Å². The van der Waals surface area contributed by atoms with Gasteiger partial charge in [0.2, 0.25) is 6.23 Å². The monoisotopic (exact) mass is 590 g/mol. The molecule has 0 saturated carbocycles. The summed E-state index contributed by atoms with van der Waals surface area (Å²) < 4.78 is 14.8. The summed E-state index contributed by atoms with van der Waals surface area (Å²) in [5.41, 5.74) is 4.31. The Morgan fingerprint density at radius 2 is 1.70 bits per heavy atom. The molecule has 7 heteroatoms. The summed E-state index contributed by atoms with van der Waals surface area (Å²) in [6, 6.07) is 20.5. The summed E-state index contributed by atoms with van der Waals surface area (Å²) in [6.07, 6.45) is 0.502. The molecule has 5 rings (SSSR count). The summed E-state index contributed by atoms with van der Waals surface area (Å²) in [5, 5.41) is 7.10. The average Bonchev–Trinajstić information content (AvgIpc) is 3.20. The van der Waals surface area contributed by atoms with Crippen LogP contribution in [-0.2, 0) is 0 Å². The van der Waals surface area contributed by atoms with E-state index in [1.165, 1.54) is 0 Å². The fourth-order valence-electron chi connectivity index (χ4n) is 3.92. The van der Waals surface area contributed by atoms with Gasteiger partial charge in [0.05, 0.1) is 23.3 Å². The third-order valence-electron chi connectivity index (χ3n) is 5.39. The predicted octanol–water partition coefficient (Wildman–Crippen LogP) is 7.23. The molecule has 0 spiro atoms. The number of nitrogens with zero attached hydrogens (tertiary/aromatic N) is 2. The number of benzene rings is 3. The summed E-state index contributed by atoms with van der Waals surface area (Å²) in [7, 11) is 1.68. The van der Waals surface area contributed by atoms with E-state index >= 15 is 0 Å². The van der Waals surface area contributed by atoms with Gasteiger partial charge in [-0.25, -0.2) is 5.01 Å². The minimum Gasteiger partial charge on any atom is -0.497 e. The molecular formula is C23H17Br3N2O2. The van der Waals surface area contributed by atoms with Crippen molar-refractivity contribution in [1.82, 2.24) is 5.01 Å². The number of hydrogen-bond acceptors (Lipinski definition) is 4. The van der Waals surface area contributed by atoms with Gasteiger partial charge in [0.1, 0.15) is 11.5 Å². The van der Waals surface area contributed by atoms with Gasteiger partial charge < -0.3 is 9.47 Å². The van der Waals surface area contributed by atoms with E-state index in [0.29, 0.717) is 0 Å². The molecule has 0 bridgehead atoms. The van der Waals surface area contributed by atoms with Gasteiger partial charge in [0, 0.05) is 26.5 Å². The number of hydrazone groups is 1. The Morgan fingerprint density at radius 3 is 2.40 bits per heavy atom. The molecule has 0 radical (unpaired) electrons. The lowest BCUT2D eigenvalue weighted by Crippen LogP contribution is -2.33. The molecule has 4 nitrogen and oxygen atoms in total. The van der Waals surface area contributed by atoms with Crippen LogP contribution in [0.1, 0.15) is 35.4 Å². The third kappa shape index (κ3) is 3.57. The number of hydrogen-bond donors (Lipinski definition) is 0. The van der Waals surface area contributed by atoms with Crippen molar-refractivity contribution in [3.63, 3.8) is 0 Å². The average molecular weight is 593 g/mol. The maximum Gasteiger partial charge on any atom is 0.213 e. The third-order valence-corrected chi connectivity index (χ3v) is 6.96. The first kappa shape index (κ1) is 20.1. The zero-order valence-corrected chi connectivity index (χ0v) is 20.7. The van der Waals surface area contributed by atoms with Gasteiger partial charge in [0.25, 0.3) is 0 Å². The van der Waals surface area contributed by atoms with Crippen LogP contribution in [0.3, 0.4) is 0 Å². The molecule has 0 saturated heterocycles. The Balaban J connectivity index is 1.60. The Morgan fingerprint density at radius 1 is 0.967 bits per heavy atom. The normalized spacial score (nSPS) is 19.6. The predicted molar refractivity (Wildman–Crippen MR) is 128 cm³/mol. The summed E-state index contributed by atoms with van der Waals surface area (Å²) in [4.78, 5) is 0. The highest BCUT2D eigenvalue weighted by molar-refractivity contribution is 9.11. The second kappa shape index (κ2) is 8.02. The van der Waals surface area contributed by atoms with E-state index in [4.69, 9.17) is 14.6 Å². The van der Waals surface area contributed by atoms with Crippen molar-refractivity contribution in [2.75, 3.05) is 7.11 Å². The molecule has 152 valence electrons. The standard InChI is InChI=1S/C23H17Br3N2O2/c1-29-17-8-4-13(5-9-17)20-12-21-18-10-16(25)11-19(26)22(18)30-23(28(21)27-20)14-2-6-15(24)7-3-14/h2-11,21,23H,12H2,1H3/t21-,23-/m1/s1. The number of methoxy groups -OCH3 is 1. The number of fused-ring (bicyclic) bond motifs is 3. The number of halogens is 3. The first-order chi connectivity index (χ1) is 14.5. The van der Waals surface area contributed by atoms with Crippen LogP contribution < -0.4 is 9.47 Å². The molecule has 30 heavy (non-hydrogen) atoms. The molecule has 0 unspecified atom stereocenters. The van der Waals surface area contributed by atoms with E-state index in [1.54, 1.807) is 7.11 Å². The number of rotatable bonds is 3. The van der Waals surface area contributed by atoms with Crippen LogP contribution in [0.5, 0.6) is 11.5 Å². The maximum absolute atomic E-state index is 6.49. The quantitative estimate of drug-likeness (QED) is 0.322. The van der Waals surface area contributed by atoms with Crippen LogP contribution in [0.2, 0.25) is 0 Å². The zero-order chi connectivity index (χ0) is 20.8. The van der Waals surface area contributed by atoms with Crippen LogP contribution in [0.25, 0.3) is 0 Å². The Kier molecular flexibility index (Phi) is 5.37. The largest absolute Gasteiger partial charge is 0.497 e. The molecule has 2 atom stereocenters. The smallest absolute Gasteiger partial charge is 0.213 e. The highest BCUT2D eigenvalue weighted by Crippen LogP contribution is 2.50. The zero-order valence-electron chi connectivity index (χ0n) is 16.0. The summed E-state index contributed by atoms with van der Waals surface area (Å²) in [5.74, 6) is 1.71. The van der Waals surface area contributed by atoms with E-state index in [-0.39, 0.29) is 12.3 Å². The lowest BCUT2D eigenvalue weighted by atomic mass is 9.96. The first-order valence-corrected chi connectivity index (χ1v) is 11.8. The molecule has 0 amide bonds. The topological polar surface area (TPSA) is 34.1 Å². The highest BCUT2D eigenvalue weighted by atomic mass is 79.9. The van der Waals surface area contributed by atoms with Crippen LogP contribution in [0.15, 0.2) is 79.2 Å². The minimum atomic E-state index is -0.302. The Labute approximate surface area is 200 Å². The van der Waals surface area contributed by atoms with E-state index in [2.05, 4.69) is 83.1 Å². The van der Waals surface area contributed by atoms with E-state index in [0.717, 1.165) is 53.7 Å². The highest BCUT2D eigenvalue weighted by Gasteiger charge is 2.41. The van der Waals surface area contributed by atoms with Gasteiger partial charge in [-0.05, 0) is 70.0 Å².